The molecule has 7 nitrogen and oxygen atoms in total. The SMILES string of the molecule is CN1CCC(O)(C(C(=O)OC(=O)N2CCNCC2)c2ccc(Cl)c(Cl)c2)CC1. The molecule has 2 heterocycles. The fraction of sp³-hybridized carbons (Fsp3) is 0.579. The number of rotatable bonds is 3. The lowest BCUT2D eigenvalue weighted by molar-refractivity contribution is -0.149. The Bertz CT molecular complexity index is 732. The normalized spacial score (nSPS) is 21.2. The first-order chi connectivity index (χ1) is 13.3. The van der Waals surface area contributed by atoms with E-state index in [1.165, 1.54) is 4.90 Å². The minimum atomic E-state index is -1.33. The molecule has 0 bridgehead atoms. The Morgan fingerprint density at radius 3 is 2.39 bits per heavy atom. The Hall–Kier alpha value is -1.38. The number of benzene rings is 1. The van der Waals surface area contributed by atoms with Gasteiger partial charge in [-0.1, -0.05) is 29.3 Å². The molecule has 1 atom stereocenters. The summed E-state index contributed by atoms with van der Waals surface area (Å²) in [5.41, 5.74) is -0.843. The zero-order valence-electron chi connectivity index (χ0n) is 15.8. The van der Waals surface area contributed by atoms with Crippen LogP contribution in [0.25, 0.3) is 0 Å². The molecule has 2 N–H and O–H groups in total. The number of hydrogen-bond acceptors (Lipinski definition) is 6. The van der Waals surface area contributed by atoms with Crippen LogP contribution in [0.5, 0.6) is 0 Å². The average Bonchev–Trinajstić information content (AvgIpc) is 2.68. The molecule has 28 heavy (non-hydrogen) atoms. The van der Waals surface area contributed by atoms with Crippen LogP contribution in [-0.2, 0) is 9.53 Å². The predicted molar refractivity (Wildman–Crippen MR) is 107 cm³/mol. The van der Waals surface area contributed by atoms with E-state index in [2.05, 4.69) is 10.2 Å². The van der Waals surface area contributed by atoms with Crippen LogP contribution in [-0.4, -0.2) is 78.9 Å². The maximum absolute atomic E-state index is 13.0. The van der Waals surface area contributed by atoms with E-state index in [-0.39, 0.29) is 5.02 Å². The quantitative estimate of drug-likeness (QED) is 0.565. The van der Waals surface area contributed by atoms with Gasteiger partial charge < -0.3 is 25.0 Å². The Morgan fingerprint density at radius 2 is 1.79 bits per heavy atom. The van der Waals surface area contributed by atoms with Crippen LogP contribution in [0.2, 0.25) is 10.0 Å². The highest BCUT2D eigenvalue weighted by molar-refractivity contribution is 6.42. The van der Waals surface area contributed by atoms with Gasteiger partial charge >= 0.3 is 12.1 Å². The first kappa shape index (κ1) is 21.3. The van der Waals surface area contributed by atoms with Crippen molar-refractivity contribution in [2.24, 2.45) is 0 Å². The number of piperidine rings is 1. The average molecular weight is 430 g/mol. The Labute approximate surface area is 174 Å². The van der Waals surface area contributed by atoms with Crippen LogP contribution in [0, 0.1) is 0 Å². The van der Waals surface area contributed by atoms with Crippen LogP contribution in [0.1, 0.15) is 24.3 Å². The van der Waals surface area contributed by atoms with Crippen molar-refractivity contribution < 1.29 is 19.4 Å². The van der Waals surface area contributed by atoms with Gasteiger partial charge in [0.15, 0.2) is 0 Å². The zero-order valence-corrected chi connectivity index (χ0v) is 17.3. The molecule has 2 aliphatic heterocycles. The molecule has 0 radical (unpaired) electrons. The summed E-state index contributed by atoms with van der Waals surface area (Å²) in [7, 11) is 1.96. The van der Waals surface area contributed by atoms with E-state index >= 15 is 0 Å². The van der Waals surface area contributed by atoms with Gasteiger partial charge in [0.25, 0.3) is 0 Å². The van der Waals surface area contributed by atoms with Crippen LogP contribution in [0.15, 0.2) is 18.2 Å². The van der Waals surface area contributed by atoms with E-state index in [1.54, 1.807) is 18.2 Å². The van der Waals surface area contributed by atoms with Crippen molar-refractivity contribution in [2.75, 3.05) is 46.3 Å². The smallest absolute Gasteiger partial charge is 0.389 e. The molecule has 1 aromatic carbocycles. The fourth-order valence-electron chi connectivity index (χ4n) is 3.71. The van der Waals surface area contributed by atoms with Crippen LogP contribution >= 0.6 is 23.2 Å². The number of esters is 1. The largest absolute Gasteiger partial charge is 0.417 e. The molecule has 9 heteroatoms. The molecule has 1 unspecified atom stereocenters. The summed E-state index contributed by atoms with van der Waals surface area (Å²) in [6, 6.07) is 4.78. The van der Waals surface area contributed by atoms with Gasteiger partial charge in [0.1, 0.15) is 5.92 Å². The highest BCUT2D eigenvalue weighted by atomic mass is 35.5. The minimum Gasteiger partial charge on any atom is -0.389 e. The number of carbonyl (C=O) groups excluding carboxylic acids is 2. The Kier molecular flexibility index (Phi) is 6.83. The van der Waals surface area contributed by atoms with Crippen molar-refractivity contribution in [3.63, 3.8) is 0 Å². The molecule has 0 aliphatic carbocycles. The third kappa shape index (κ3) is 4.78. The highest BCUT2D eigenvalue weighted by Gasteiger charge is 2.46. The van der Waals surface area contributed by atoms with Gasteiger partial charge in [0.05, 0.1) is 15.6 Å². The van der Waals surface area contributed by atoms with Crippen molar-refractivity contribution in [2.45, 2.75) is 24.4 Å². The van der Waals surface area contributed by atoms with E-state index in [9.17, 15) is 14.7 Å². The van der Waals surface area contributed by atoms with E-state index in [1.807, 2.05) is 7.05 Å². The summed E-state index contributed by atoms with van der Waals surface area (Å²) in [5, 5.41) is 15.1. The van der Waals surface area contributed by atoms with Crippen molar-refractivity contribution in [3.05, 3.63) is 33.8 Å². The summed E-state index contributed by atoms with van der Waals surface area (Å²) in [6.07, 6.45) is 0.0736. The molecule has 1 aromatic rings. The molecule has 0 spiro atoms. The summed E-state index contributed by atoms with van der Waals surface area (Å²) in [4.78, 5) is 29.0. The number of halogens is 2. The molecule has 154 valence electrons. The lowest BCUT2D eigenvalue weighted by atomic mass is 9.76. The minimum absolute atomic E-state index is 0.280. The van der Waals surface area contributed by atoms with Gasteiger partial charge in [0, 0.05) is 39.3 Å². The maximum Gasteiger partial charge on any atom is 0.417 e. The summed E-state index contributed by atoms with van der Waals surface area (Å²) in [6.45, 7) is 3.50. The second-order valence-corrected chi connectivity index (χ2v) is 8.25. The molecule has 1 amide bonds. The Morgan fingerprint density at radius 1 is 1.14 bits per heavy atom. The topological polar surface area (TPSA) is 82.1 Å². The first-order valence-electron chi connectivity index (χ1n) is 9.37. The summed E-state index contributed by atoms with van der Waals surface area (Å²) < 4.78 is 5.19. The monoisotopic (exact) mass is 429 g/mol. The number of hydrogen-bond donors (Lipinski definition) is 2. The number of amides is 1. The standard InChI is InChI=1S/C19H25Cl2N3O4/c1-23-8-4-19(27,5-9-23)16(13-2-3-14(20)15(21)12-13)17(25)28-18(26)24-10-6-22-7-11-24/h2-3,12,16,22,27H,4-11H2,1H3. The Balaban J connectivity index is 1.85. The number of likely N-dealkylation sites (tertiary alicyclic amines) is 1. The number of aliphatic hydroxyl groups is 1. The van der Waals surface area contributed by atoms with Crippen LogP contribution in [0.4, 0.5) is 4.79 Å². The van der Waals surface area contributed by atoms with Gasteiger partial charge in [-0.3, -0.25) is 4.79 Å². The number of piperazine rings is 1. The fourth-order valence-corrected chi connectivity index (χ4v) is 4.02. The number of nitrogens with one attached hydrogen (secondary N) is 1. The van der Waals surface area contributed by atoms with Crippen molar-refractivity contribution in [1.82, 2.24) is 15.1 Å². The first-order valence-corrected chi connectivity index (χ1v) is 10.1. The number of carbonyl (C=O) groups is 2. The molecule has 3 rings (SSSR count). The van der Waals surface area contributed by atoms with Crippen molar-refractivity contribution >= 4 is 35.3 Å². The summed E-state index contributed by atoms with van der Waals surface area (Å²) in [5.74, 6) is -1.79. The highest BCUT2D eigenvalue weighted by Crippen LogP contribution is 2.39. The summed E-state index contributed by atoms with van der Waals surface area (Å²) >= 11 is 12.1. The number of nitrogens with zero attached hydrogens (tertiary/aromatic N) is 2. The predicted octanol–water partition coefficient (Wildman–Crippen LogP) is 2.10. The maximum atomic E-state index is 13.0. The molecule has 2 fully saturated rings. The molecule has 0 saturated carbocycles. The molecule has 0 aromatic heterocycles. The lowest BCUT2D eigenvalue weighted by Gasteiger charge is -2.41. The van der Waals surface area contributed by atoms with Gasteiger partial charge in [0.2, 0.25) is 0 Å². The third-order valence-electron chi connectivity index (χ3n) is 5.47. The van der Waals surface area contributed by atoms with E-state index in [0.29, 0.717) is 62.7 Å². The van der Waals surface area contributed by atoms with Crippen molar-refractivity contribution in [1.29, 1.82) is 0 Å². The third-order valence-corrected chi connectivity index (χ3v) is 6.21. The lowest BCUT2D eigenvalue weighted by Crippen LogP contribution is -2.51. The van der Waals surface area contributed by atoms with Crippen LogP contribution in [0.3, 0.4) is 0 Å². The molecule has 2 saturated heterocycles. The second kappa shape index (κ2) is 8.97. The van der Waals surface area contributed by atoms with Gasteiger partial charge in [-0.2, -0.15) is 0 Å². The molecular formula is C19H25Cl2N3O4. The molecular weight excluding hydrogens is 405 g/mol. The van der Waals surface area contributed by atoms with Gasteiger partial charge in [-0.25, -0.2) is 4.79 Å². The second-order valence-electron chi connectivity index (χ2n) is 7.44. The number of ether oxygens (including phenoxy) is 1. The van der Waals surface area contributed by atoms with E-state index in [4.69, 9.17) is 27.9 Å². The van der Waals surface area contributed by atoms with Gasteiger partial charge in [-0.05, 0) is 37.6 Å². The van der Waals surface area contributed by atoms with Crippen LogP contribution < -0.4 is 5.32 Å². The van der Waals surface area contributed by atoms with E-state index < -0.39 is 23.6 Å². The molecule has 2 aliphatic rings. The zero-order chi connectivity index (χ0) is 20.3. The van der Waals surface area contributed by atoms with Crippen molar-refractivity contribution in [3.8, 4) is 0 Å². The van der Waals surface area contributed by atoms with Gasteiger partial charge in [-0.15, -0.1) is 0 Å². The van der Waals surface area contributed by atoms with E-state index in [0.717, 1.165) is 0 Å².